The highest BCUT2D eigenvalue weighted by atomic mass is 15.1. The van der Waals surface area contributed by atoms with Crippen LogP contribution in [0.3, 0.4) is 0 Å². The third-order valence-corrected chi connectivity index (χ3v) is 12.8. The van der Waals surface area contributed by atoms with Crippen molar-refractivity contribution in [2.24, 2.45) is 0 Å². The lowest BCUT2D eigenvalue weighted by molar-refractivity contribution is 1.31. The second-order valence-electron chi connectivity index (χ2n) is 16.3. The molecule has 0 bridgehead atoms. The molecule has 0 saturated carbocycles. The summed E-state index contributed by atoms with van der Waals surface area (Å²) < 4.78 is 0. The summed E-state index contributed by atoms with van der Waals surface area (Å²) in [7, 11) is 0. The fourth-order valence-electron chi connectivity index (χ4n) is 9.92. The predicted molar refractivity (Wildman–Crippen MR) is 268 cm³/mol. The highest BCUT2D eigenvalue weighted by Gasteiger charge is 2.25. The molecule has 0 amide bonds. The molecule has 296 valence electrons. The number of fused-ring (bicyclic) bond motifs is 12. The van der Waals surface area contributed by atoms with Gasteiger partial charge in [0.1, 0.15) is 12.1 Å². The van der Waals surface area contributed by atoms with Crippen molar-refractivity contribution in [2.75, 3.05) is 9.80 Å². The van der Waals surface area contributed by atoms with Crippen molar-refractivity contribution in [3.05, 3.63) is 230 Å². The van der Waals surface area contributed by atoms with Crippen LogP contribution >= 0.6 is 0 Å². The average molecular weight is 813 g/mol. The normalized spacial score (nSPS) is 11.4. The van der Waals surface area contributed by atoms with Gasteiger partial charge in [0.05, 0.1) is 22.5 Å². The molecule has 0 aromatic heterocycles. The summed E-state index contributed by atoms with van der Waals surface area (Å²) in [6, 6.07) is 81.9. The molecule has 0 spiro atoms. The van der Waals surface area contributed by atoms with Gasteiger partial charge in [-0.05, 0) is 137 Å². The molecule has 4 heteroatoms. The Kier molecular flexibility index (Phi) is 8.58. The minimum Gasteiger partial charge on any atom is -0.310 e. The van der Waals surface area contributed by atoms with E-state index in [0.717, 1.165) is 98.8 Å². The fraction of sp³-hybridized carbons (Fsp3) is 0. The molecule has 12 rings (SSSR count). The molecule has 0 atom stereocenters. The first-order valence-corrected chi connectivity index (χ1v) is 21.5. The second-order valence-corrected chi connectivity index (χ2v) is 16.3. The summed E-state index contributed by atoms with van der Waals surface area (Å²) in [6.45, 7) is 0. The summed E-state index contributed by atoms with van der Waals surface area (Å²) in [5.41, 5.74) is 6.86. The van der Waals surface area contributed by atoms with Gasteiger partial charge in [-0.1, -0.05) is 146 Å². The van der Waals surface area contributed by atoms with Crippen LogP contribution in [0.15, 0.2) is 218 Å². The number of para-hydroxylation sites is 2. The minimum atomic E-state index is 0.350. The van der Waals surface area contributed by atoms with E-state index < -0.39 is 0 Å². The Morgan fingerprint density at radius 3 is 1.03 bits per heavy atom. The van der Waals surface area contributed by atoms with E-state index in [4.69, 9.17) is 0 Å². The zero-order valence-corrected chi connectivity index (χ0v) is 34.6. The first kappa shape index (κ1) is 36.9. The molecule has 12 aromatic rings. The summed E-state index contributed by atoms with van der Waals surface area (Å²) in [4.78, 5) is 4.70. The lowest BCUT2D eigenvalue weighted by Gasteiger charge is -2.29. The standard InChI is InChI=1S/C60H36N4/c61-37-43-33-53-54(34-44(43)38-62)56-36-58(64(46-21-5-2-6-22-46)48-30-28-40-16-8-10-18-42(40)32-48)50-24-12-14-26-52(50)60(56)59-51-25-13-11-23-49(51)57(35-55(53)59)63(45-19-3-1-4-20-45)47-29-27-39-15-7-9-17-41(39)31-47/h1-36H. The maximum absolute atomic E-state index is 10.6. The second kappa shape index (κ2) is 14.9. The first-order chi connectivity index (χ1) is 31.7. The van der Waals surface area contributed by atoms with Crippen LogP contribution in [0.1, 0.15) is 11.1 Å². The third kappa shape index (κ3) is 5.82. The van der Waals surface area contributed by atoms with Gasteiger partial charge in [-0.15, -0.1) is 0 Å². The predicted octanol–water partition coefficient (Wildman–Crippen LogP) is 16.4. The van der Waals surface area contributed by atoms with Crippen LogP contribution in [0.5, 0.6) is 0 Å². The summed E-state index contributed by atoms with van der Waals surface area (Å²) in [6.07, 6.45) is 0. The lowest BCUT2D eigenvalue weighted by Crippen LogP contribution is -2.11. The van der Waals surface area contributed by atoms with Crippen molar-refractivity contribution in [2.45, 2.75) is 0 Å². The number of hydrogen-bond donors (Lipinski definition) is 0. The maximum atomic E-state index is 10.6. The highest BCUT2D eigenvalue weighted by Crippen LogP contribution is 2.51. The Labute approximate surface area is 369 Å². The van der Waals surface area contributed by atoms with Gasteiger partial charge in [-0.25, -0.2) is 0 Å². The van der Waals surface area contributed by atoms with Crippen LogP contribution in [-0.4, -0.2) is 0 Å². The molecule has 12 aromatic carbocycles. The van der Waals surface area contributed by atoms with E-state index in [1.807, 2.05) is 12.1 Å². The van der Waals surface area contributed by atoms with Crippen molar-refractivity contribution in [1.29, 1.82) is 10.5 Å². The molecule has 4 nitrogen and oxygen atoms in total. The Balaban J connectivity index is 1.25. The number of anilines is 6. The van der Waals surface area contributed by atoms with E-state index in [0.29, 0.717) is 11.1 Å². The van der Waals surface area contributed by atoms with Crippen LogP contribution in [0.4, 0.5) is 34.1 Å². The zero-order chi connectivity index (χ0) is 42.7. The Hall–Kier alpha value is -8.96. The van der Waals surface area contributed by atoms with Gasteiger partial charge in [0, 0.05) is 33.5 Å². The topological polar surface area (TPSA) is 54.1 Å². The highest BCUT2D eigenvalue weighted by molar-refractivity contribution is 6.39. The minimum absolute atomic E-state index is 0.350. The van der Waals surface area contributed by atoms with Crippen LogP contribution in [-0.2, 0) is 0 Å². The van der Waals surface area contributed by atoms with E-state index in [-0.39, 0.29) is 0 Å². The molecule has 0 fully saturated rings. The van der Waals surface area contributed by atoms with Gasteiger partial charge in [0.25, 0.3) is 0 Å². The van der Waals surface area contributed by atoms with Crippen LogP contribution in [0, 0.1) is 22.7 Å². The average Bonchev–Trinajstić information content (AvgIpc) is 3.36. The monoisotopic (exact) mass is 812 g/mol. The number of nitrogens with zero attached hydrogens (tertiary/aromatic N) is 4. The van der Waals surface area contributed by atoms with E-state index in [2.05, 4.69) is 228 Å². The number of benzene rings is 12. The molecule has 0 heterocycles. The number of hydrogen-bond acceptors (Lipinski definition) is 4. The lowest BCUT2D eigenvalue weighted by atomic mass is 9.86. The van der Waals surface area contributed by atoms with Crippen LogP contribution in [0.25, 0.3) is 75.4 Å². The van der Waals surface area contributed by atoms with Gasteiger partial charge < -0.3 is 9.80 Å². The van der Waals surface area contributed by atoms with E-state index >= 15 is 0 Å². The van der Waals surface area contributed by atoms with Crippen molar-refractivity contribution in [3.8, 4) is 12.1 Å². The van der Waals surface area contributed by atoms with Crippen molar-refractivity contribution >= 4 is 110 Å². The molecular formula is C60H36N4. The Morgan fingerprint density at radius 1 is 0.266 bits per heavy atom. The molecule has 0 aliphatic carbocycles. The molecule has 0 aliphatic heterocycles. The Bertz CT molecular complexity index is 3680. The molecule has 0 unspecified atom stereocenters. The third-order valence-electron chi connectivity index (χ3n) is 12.8. The number of rotatable bonds is 6. The SMILES string of the molecule is N#Cc1cc2c(cc1C#N)c1cc(N(c3ccccc3)c3ccc4ccccc4c3)c3ccccc3c1c1c3ccccc3c(N(c3ccccc3)c3ccc4ccccc4c3)cc21. The molecule has 64 heavy (non-hydrogen) atoms. The van der Waals surface area contributed by atoms with Gasteiger partial charge in [0.15, 0.2) is 0 Å². The maximum Gasteiger partial charge on any atom is 0.101 e. The number of nitriles is 2. The van der Waals surface area contributed by atoms with Crippen molar-refractivity contribution in [1.82, 2.24) is 0 Å². The first-order valence-electron chi connectivity index (χ1n) is 21.5. The molecule has 0 N–H and O–H groups in total. The van der Waals surface area contributed by atoms with E-state index in [1.54, 1.807) is 0 Å². The van der Waals surface area contributed by atoms with Gasteiger partial charge >= 0.3 is 0 Å². The van der Waals surface area contributed by atoms with Gasteiger partial charge in [0.2, 0.25) is 0 Å². The Morgan fingerprint density at radius 2 is 0.625 bits per heavy atom. The smallest absolute Gasteiger partial charge is 0.101 e. The van der Waals surface area contributed by atoms with Crippen LogP contribution < -0.4 is 9.80 Å². The van der Waals surface area contributed by atoms with Crippen molar-refractivity contribution in [3.63, 3.8) is 0 Å². The molecule has 0 aliphatic rings. The van der Waals surface area contributed by atoms with E-state index in [1.165, 1.54) is 10.8 Å². The summed E-state index contributed by atoms with van der Waals surface area (Å²) >= 11 is 0. The summed E-state index contributed by atoms with van der Waals surface area (Å²) in [5, 5.41) is 36.2. The quantitative estimate of drug-likeness (QED) is 0.157. The van der Waals surface area contributed by atoms with Crippen LogP contribution in [0.2, 0.25) is 0 Å². The molecular weight excluding hydrogens is 777 g/mol. The van der Waals surface area contributed by atoms with Gasteiger partial charge in [-0.3, -0.25) is 0 Å². The van der Waals surface area contributed by atoms with Crippen molar-refractivity contribution < 1.29 is 0 Å². The largest absolute Gasteiger partial charge is 0.310 e. The van der Waals surface area contributed by atoms with E-state index in [9.17, 15) is 10.5 Å². The molecule has 0 saturated heterocycles. The fourth-order valence-corrected chi connectivity index (χ4v) is 9.92. The summed E-state index contributed by atoms with van der Waals surface area (Å²) in [5.74, 6) is 0. The van der Waals surface area contributed by atoms with Gasteiger partial charge in [-0.2, -0.15) is 10.5 Å². The molecule has 0 radical (unpaired) electrons. The zero-order valence-electron chi connectivity index (χ0n) is 34.6.